The maximum Gasteiger partial charge on any atom is 0.150 e. The second-order valence-electron chi connectivity index (χ2n) is 4.94. The molecule has 0 bridgehead atoms. The quantitative estimate of drug-likeness (QED) is 0.752. The van der Waals surface area contributed by atoms with Gasteiger partial charge in [0.25, 0.3) is 0 Å². The molecule has 0 saturated carbocycles. The lowest BCUT2D eigenvalue weighted by atomic mass is 9.92. The molecule has 1 aliphatic rings. The van der Waals surface area contributed by atoms with E-state index >= 15 is 0 Å². The van der Waals surface area contributed by atoms with Gasteiger partial charge in [0.1, 0.15) is 0 Å². The summed E-state index contributed by atoms with van der Waals surface area (Å²) >= 11 is 0. The summed E-state index contributed by atoms with van der Waals surface area (Å²) < 4.78 is 28.0. The van der Waals surface area contributed by atoms with Crippen LogP contribution < -0.4 is 5.32 Å². The molecule has 2 unspecified atom stereocenters. The number of hydrogen-bond donors (Lipinski definition) is 1. The normalized spacial score (nSPS) is 26.1. The first-order valence-electron chi connectivity index (χ1n) is 5.87. The third-order valence-corrected chi connectivity index (χ3v) is 4.90. The molecule has 0 aromatic carbocycles. The van der Waals surface area contributed by atoms with Crippen molar-refractivity contribution in [3.63, 3.8) is 0 Å². The highest BCUT2D eigenvalue weighted by molar-refractivity contribution is 7.91. The maximum absolute atomic E-state index is 11.4. The summed E-state index contributed by atoms with van der Waals surface area (Å²) in [5.41, 5.74) is 0. The molecule has 96 valence electrons. The molecule has 1 fully saturated rings. The second kappa shape index (κ2) is 5.98. The van der Waals surface area contributed by atoms with E-state index in [1.807, 2.05) is 0 Å². The van der Waals surface area contributed by atoms with Crippen molar-refractivity contribution in [1.82, 2.24) is 5.32 Å². The Balaban J connectivity index is 2.50. The summed E-state index contributed by atoms with van der Waals surface area (Å²) in [6.07, 6.45) is 0.788. The Labute approximate surface area is 98.7 Å². The molecule has 0 aliphatic carbocycles. The number of hydrogen-bond acceptors (Lipinski definition) is 4. The first-order valence-corrected chi connectivity index (χ1v) is 7.69. The van der Waals surface area contributed by atoms with Crippen LogP contribution in [0.15, 0.2) is 0 Å². The van der Waals surface area contributed by atoms with E-state index in [1.165, 1.54) is 0 Å². The van der Waals surface area contributed by atoms with Crippen LogP contribution in [0.4, 0.5) is 0 Å². The first kappa shape index (κ1) is 13.9. The van der Waals surface area contributed by atoms with Gasteiger partial charge in [0, 0.05) is 19.7 Å². The zero-order valence-electron chi connectivity index (χ0n) is 10.4. The fourth-order valence-corrected chi connectivity index (χ4v) is 4.08. The van der Waals surface area contributed by atoms with Crippen molar-refractivity contribution in [3.05, 3.63) is 0 Å². The summed E-state index contributed by atoms with van der Waals surface area (Å²) in [7, 11) is -1.11. The van der Waals surface area contributed by atoms with Crippen molar-refractivity contribution in [2.45, 2.75) is 26.3 Å². The van der Waals surface area contributed by atoms with Crippen LogP contribution >= 0.6 is 0 Å². The molecule has 1 heterocycles. The number of nitrogens with one attached hydrogen (secondary N) is 1. The molecular weight excluding hydrogens is 226 g/mol. The molecule has 1 N–H and O–H groups in total. The lowest BCUT2D eigenvalue weighted by Gasteiger charge is -2.23. The summed E-state index contributed by atoms with van der Waals surface area (Å²) in [5, 5.41) is 3.36. The first-order chi connectivity index (χ1) is 7.44. The monoisotopic (exact) mass is 249 g/mol. The van der Waals surface area contributed by atoms with Crippen molar-refractivity contribution in [3.8, 4) is 0 Å². The fourth-order valence-electron chi connectivity index (χ4n) is 2.16. The minimum Gasteiger partial charge on any atom is -0.384 e. The van der Waals surface area contributed by atoms with Gasteiger partial charge in [0.05, 0.1) is 18.1 Å². The van der Waals surface area contributed by atoms with E-state index in [-0.39, 0.29) is 5.92 Å². The van der Waals surface area contributed by atoms with E-state index in [9.17, 15) is 8.42 Å². The summed E-state index contributed by atoms with van der Waals surface area (Å²) in [6, 6.07) is 0.428. The van der Waals surface area contributed by atoms with Crippen LogP contribution in [0.2, 0.25) is 0 Å². The zero-order chi connectivity index (χ0) is 12.2. The van der Waals surface area contributed by atoms with E-state index in [2.05, 4.69) is 19.2 Å². The van der Waals surface area contributed by atoms with Crippen LogP contribution in [-0.2, 0) is 14.6 Å². The van der Waals surface area contributed by atoms with Gasteiger partial charge in [0.15, 0.2) is 9.84 Å². The molecule has 0 aromatic heterocycles. The van der Waals surface area contributed by atoms with Crippen LogP contribution in [0.3, 0.4) is 0 Å². The maximum atomic E-state index is 11.4. The average Bonchev–Trinajstić information content (AvgIpc) is 2.53. The fraction of sp³-hybridized carbons (Fsp3) is 1.00. The van der Waals surface area contributed by atoms with Crippen LogP contribution in [0.25, 0.3) is 0 Å². The Hall–Kier alpha value is -0.130. The van der Waals surface area contributed by atoms with Gasteiger partial charge in [-0.1, -0.05) is 13.8 Å². The highest BCUT2D eigenvalue weighted by Gasteiger charge is 2.33. The molecule has 4 nitrogen and oxygen atoms in total. The van der Waals surface area contributed by atoms with E-state index in [4.69, 9.17) is 4.74 Å². The lowest BCUT2D eigenvalue weighted by molar-refractivity contribution is 0.124. The summed E-state index contributed by atoms with van der Waals surface area (Å²) in [4.78, 5) is 0. The van der Waals surface area contributed by atoms with Crippen LogP contribution in [-0.4, -0.2) is 46.2 Å². The highest BCUT2D eigenvalue weighted by Crippen LogP contribution is 2.26. The van der Waals surface area contributed by atoms with Gasteiger partial charge in [-0.2, -0.15) is 0 Å². The molecular formula is C11H23NO3S. The molecule has 0 spiro atoms. The molecule has 0 radical (unpaired) electrons. The molecule has 16 heavy (non-hydrogen) atoms. The van der Waals surface area contributed by atoms with Crippen molar-refractivity contribution in [2.75, 3.05) is 31.8 Å². The Morgan fingerprint density at radius 1 is 1.44 bits per heavy atom. The highest BCUT2D eigenvalue weighted by atomic mass is 32.2. The van der Waals surface area contributed by atoms with Crippen molar-refractivity contribution in [1.29, 1.82) is 0 Å². The zero-order valence-corrected chi connectivity index (χ0v) is 11.2. The van der Waals surface area contributed by atoms with Crippen LogP contribution in [0.5, 0.6) is 0 Å². The minimum absolute atomic E-state index is 0.260. The van der Waals surface area contributed by atoms with Gasteiger partial charge >= 0.3 is 0 Å². The van der Waals surface area contributed by atoms with Crippen molar-refractivity contribution in [2.24, 2.45) is 11.8 Å². The Morgan fingerprint density at radius 2 is 2.12 bits per heavy atom. The predicted octanol–water partition coefficient (Wildman–Crippen LogP) is 0.682. The summed E-state index contributed by atoms with van der Waals surface area (Å²) in [5.74, 6) is 1.25. The molecule has 5 heteroatoms. The number of ether oxygens (including phenoxy) is 1. The number of sulfone groups is 1. The van der Waals surface area contributed by atoms with Gasteiger partial charge in [-0.25, -0.2) is 8.42 Å². The number of methoxy groups -OCH3 is 1. The largest absolute Gasteiger partial charge is 0.384 e. The SMILES string of the molecule is COCC(CNC(C)C)C1CCS(=O)(=O)C1. The van der Waals surface area contributed by atoms with Gasteiger partial charge in [-0.3, -0.25) is 0 Å². The van der Waals surface area contributed by atoms with Gasteiger partial charge in [-0.15, -0.1) is 0 Å². The minimum atomic E-state index is -2.78. The van der Waals surface area contributed by atoms with Crippen molar-refractivity contribution < 1.29 is 13.2 Å². The summed E-state index contributed by atoms with van der Waals surface area (Å²) in [6.45, 7) is 5.66. The van der Waals surface area contributed by atoms with E-state index in [0.717, 1.165) is 13.0 Å². The van der Waals surface area contributed by atoms with Crippen molar-refractivity contribution >= 4 is 9.84 Å². The van der Waals surface area contributed by atoms with Gasteiger partial charge in [0.2, 0.25) is 0 Å². The average molecular weight is 249 g/mol. The van der Waals surface area contributed by atoms with E-state index in [1.54, 1.807) is 7.11 Å². The smallest absolute Gasteiger partial charge is 0.150 e. The topological polar surface area (TPSA) is 55.4 Å². The van der Waals surface area contributed by atoms with Crippen LogP contribution in [0.1, 0.15) is 20.3 Å². The Kier molecular flexibility index (Phi) is 5.21. The third-order valence-electron chi connectivity index (χ3n) is 3.10. The molecule has 1 saturated heterocycles. The molecule has 1 rings (SSSR count). The van der Waals surface area contributed by atoms with E-state index in [0.29, 0.717) is 30.1 Å². The standard InChI is InChI=1S/C11H23NO3S/c1-9(2)12-6-11(7-15-3)10-4-5-16(13,14)8-10/h9-12H,4-8H2,1-3H3. The predicted molar refractivity (Wildman–Crippen MR) is 65.3 cm³/mol. The molecule has 0 amide bonds. The number of rotatable bonds is 6. The molecule has 0 aromatic rings. The Bertz CT molecular complexity index is 300. The van der Waals surface area contributed by atoms with Crippen LogP contribution in [0, 0.1) is 11.8 Å². The Morgan fingerprint density at radius 3 is 2.56 bits per heavy atom. The lowest BCUT2D eigenvalue weighted by Crippen LogP contribution is -2.35. The second-order valence-corrected chi connectivity index (χ2v) is 7.17. The molecule has 1 aliphatic heterocycles. The van der Waals surface area contributed by atoms with Gasteiger partial charge < -0.3 is 10.1 Å². The molecule has 2 atom stereocenters. The van der Waals surface area contributed by atoms with Gasteiger partial charge in [-0.05, 0) is 18.3 Å². The van der Waals surface area contributed by atoms with E-state index < -0.39 is 9.84 Å². The third kappa shape index (κ3) is 4.39.